The Labute approximate surface area is 155 Å². The minimum Gasteiger partial charge on any atom is -0.493 e. The van der Waals surface area contributed by atoms with Crippen molar-refractivity contribution in [2.24, 2.45) is 0 Å². The van der Waals surface area contributed by atoms with E-state index in [0.29, 0.717) is 47.4 Å². The van der Waals surface area contributed by atoms with Crippen LogP contribution in [0.2, 0.25) is 0 Å². The molecule has 2 aromatic carbocycles. The highest BCUT2D eigenvalue weighted by atomic mass is 19.1. The molecule has 2 N–H and O–H groups in total. The van der Waals surface area contributed by atoms with Gasteiger partial charge in [0.25, 0.3) is 11.7 Å². The predicted molar refractivity (Wildman–Crippen MR) is 99.4 cm³/mol. The van der Waals surface area contributed by atoms with E-state index < -0.39 is 23.5 Å². The summed E-state index contributed by atoms with van der Waals surface area (Å²) in [5.74, 6) is -1.18. The number of nitrogens with one attached hydrogen (secondary N) is 2. The summed E-state index contributed by atoms with van der Waals surface area (Å²) in [6.07, 6.45) is 1.27. The number of ether oxygens (including phenoxy) is 1. The summed E-state index contributed by atoms with van der Waals surface area (Å²) in [4.78, 5) is 28.7. The normalized spacial score (nSPS) is 16.3. The molecule has 6 heteroatoms. The molecule has 1 aliphatic heterocycles. The average molecular weight is 366 g/mol. The quantitative estimate of drug-likeness (QED) is 0.547. The molecule has 0 spiro atoms. The first-order chi connectivity index (χ1) is 13.0. The summed E-state index contributed by atoms with van der Waals surface area (Å²) in [6.45, 7) is 2.26. The van der Waals surface area contributed by atoms with E-state index in [9.17, 15) is 14.0 Å². The summed E-state index contributed by atoms with van der Waals surface area (Å²) < 4.78 is 19.3. The molecular weight excluding hydrogens is 347 g/mol. The molecule has 1 aromatic heterocycles. The van der Waals surface area contributed by atoms with Gasteiger partial charge in [-0.25, -0.2) is 4.39 Å². The largest absolute Gasteiger partial charge is 0.493 e. The molecule has 5 nitrogen and oxygen atoms in total. The van der Waals surface area contributed by atoms with Crippen molar-refractivity contribution in [2.45, 2.75) is 25.8 Å². The zero-order valence-electron chi connectivity index (χ0n) is 14.8. The number of aromatic amines is 1. The monoisotopic (exact) mass is 366 g/mol. The van der Waals surface area contributed by atoms with Crippen molar-refractivity contribution in [3.8, 4) is 5.75 Å². The number of hydrogen-bond acceptors (Lipinski definition) is 3. The number of H-pyrrole nitrogens is 1. The highest BCUT2D eigenvalue weighted by molar-refractivity contribution is 6.45. The maximum atomic E-state index is 13.7. The molecule has 1 amide bonds. The van der Waals surface area contributed by atoms with Crippen molar-refractivity contribution in [3.05, 3.63) is 65.1 Å². The molecule has 3 aromatic rings. The lowest BCUT2D eigenvalue weighted by Crippen LogP contribution is -2.34. The van der Waals surface area contributed by atoms with E-state index in [4.69, 9.17) is 4.74 Å². The minimum atomic E-state index is -0.704. The van der Waals surface area contributed by atoms with E-state index in [1.807, 2.05) is 24.3 Å². The summed E-state index contributed by atoms with van der Waals surface area (Å²) in [5.41, 5.74) is 2.38. The molecule has 0 fully saturated rings. The molecule has 0 bridgehead atoms. The van der Waals surface area contributed by atoms with Gasteiger partial charge in [-0.1, -0.05) is 18.2 Å². The van der Waals surface area contributed by atoms with Gasteiger partial charge in [0.2, 0.25) is 0 Å². The van der Waals surface area contributed by atoms with Crippen LogP contribution >= 0.6 is 0 Å². The first-order valence-corrected chi connectivity index (χ1v) is 8.89. The number of halogens is 1. The van der Waals surface area contributed by atoms with Gasteiger partial charge in [0.1, 0.15) is 11.6 Å². The van der Waals surface area contributed by atoms with Gasteiger partial charge >= 0.3 is 0 Å². The first kappa shape index (κ1) is 17.3. The number of hydrogen-bond donors (Lipinski definition) is 2. The molecule has 1 atom stereocenters. The van der Waals surface area contributed by atoms with E-state index >= 15 is 0 Å². The summed E-state index contributed by atoms with van der Waals surface area (Å²) in [5, 5.41) is 3.49. The fourth-order valence-electron chi connectivity index (χ4n) is 3.60. The van der Waals surface area contributed by atoms with Crippen molar-refractivity contribution in [3.63, 3.8) is 0 Å². The fraction of sp³-hybridized carbons (Fsp3) is 0.238. The molecule has 0 unspecified atom stereocenters. The summed E-state index contributed by atoms with van der Waals surface area (Å²) in [7, 11) is 0. The van der Waals surface area contributed by atoms with Crippen LogP contribution in [0.5, 0.6) is 5.75 Å². The molecular formula is C21H19FN2O3. The number of fused-ring (bicyclic) bond motifs is 2. The van der Waals surface area contributed by atoms with Crippen LogP contribution in [-0.2, 0) is 4.79 Å². The second kappa shape index (κ2) is 6.87. The third-order valence-electron chi connectivity index (χ3n) is 4.87. The third-order valence-corrected chi connectivity index (χ3v) is 4.87. The van der Waals surface area contributed by atoms with Crippen molar-refractivity contribution in [2.75, 3.05) is 6.61 Å². The van der Waals surface area contributed by atoms with Gasteiger partial charge in [0.05, 0.1) is 18.2 Å². The Morgan fingerprint density at radius 2 is 2.04 bits per heavy atom. The number of carbonyl (C=O) groups excluding carboxylic acids is 2. The predicted octanol–water partition coefficient (Wildman–Crippen LogP) is 3.83. The molecule has 0 saturated heterocycles. The number of Topliss-reactive ketones (excluding diaryl/α,β-unsaturated/α-hetero) is 1. The SMILES string of the molecule is Cc1[nH]c2ccccc2c1C(=O)C(=O)N[C@@H]1CCCOc2ccc(F)cc21. The zero-order valence-corrected chi connectivity index (χ0v) is 14.8. The molecule has 1 aliphatic rings. The van der Waals surface area contributed by atoms with Crippen LogP contribution in [-0.4, -0.2) is 23.3 Å². The average Bonchev–Trinajstić information content (AvgIpc) is 2.87. The molecule has 4 rings (SSSR count). The molecule has 138 valence electrons. The maximum Gasteiger partial charge on any atom is 0.292 e. The number of rotatable bonds is 3. The van der Waals surface area contributed by atoms with Crippen LogP contribution in [0.4, 0.5) is 4.39 Å². The van der Waals surface area contributed by atoms with Crippen molar-refractivity contribution >= 4 is 22.6 Å². The van der Waals surface area contributed by atoms with Crippen molar-refractivity contribution < 1.29 is 18.7 Å². The van der Waals surface area contributed by atoms with Gasteiger partial charge < -0.3 is 15.0 Å². The van der Waals surface area contributed by atoms with Gasteiger partial charge in [-0.05, 0) is 44.0 Å². The van der Waals surface area contributed by atoms with E-state index in [0.717, 1.165) is 5.52 Å². The highest BCUT2D eigenvalue weighted by Crippen LogP contribution is 2.32. The van der Waals surface area contributed by atoms with Crippen molar-refractivity contribution in [1.29, 1.82) is 0 Å². The number of amides is 1. The van der Waals surface area contributed by atoms with E-state index in [1.165, 1.54) is 12.1 Å². The molecule has 2 heterocycles. The fourth-order valence-corrected chi connectivity index (χ4v) is 3.60. The Balaban J connectivity index is 1.63. The zero-order chi connectivity index (χ0) is 19.0. The Bertz CT molecular complexity index is 1040. The first-order valence-electron chi connectivity index (χ1n) is 8.89. The number of benzene rings is 2. The molecule has 27 heavy (non-hydrogen) atoms. The number of aromatic nitrogens is 1. The summed E-state index contributed by atoms with van der Waals surface area (Å²) >= 11 is 0. The molecule has 0 radical (unpaired) electrons. The highest BCUT2D eigenvalue weighted by Gasteiger charge is 2.27. The Kier molecular flexibility index (Phi) is 4.39. The van der Waals surface area contributed by atoms with Crippen molar-refractivity contribution in [1.82, 2.24) is 10.3 Å². The second-order valence-electron chi connectivity index (χ2n) is 6.70. The molecule has 0 saturated carbocycles. The summed E-state index contributed by atoms with van der Waals surface area (Å²) in [6, 6.07) is 11.1. The maximum absolute atomic E-state index is 13.7. The van der Waals surface area contributed by atoms with E-state index in [-0.39, 0.29) is 0 Å². The Hall–Kier alpha value is -3.15. The lowest BCUT2D eigenvalue weighted by Gasteiger charge is -2.18. The van der Waals surface area contributed by atoms with Crippen LogP contribution < -0.4 is 10.1 Å². The van der Waals surface area contributed by atoms with E-state index in [1.54, 1.807) is 13.0 Å². The molecule has 0 aliphatic carbocycles. The smallest absolute Gasteiger partial charge is 0.292 e. The Morgan fingerprint density at radius 1 is 1.22 bits per heavy atom. The number of para-hydroxylation sites is 1. The van der Waals surface area contributed by atoms with Crippen LogP contribution in [0.15, 0.2) is 42.5 Å². The van der Waals surface area contributed by atoms with Gasteiger partial charge in [-0.2, -0.15) is 0 Å². The standard InChI is InChI=1S/C21H19FN2O3/c1-12-19(14-5-2-3-6-16(14)23-12)20(25)21(26)24-17-7-4-10-27-18-9-8-13(22)11-15(17)18/h2-3,5-6,8-9,11,17,23H,4,7,10H2,1H3,(H,24,26)/t17-/m1/s1. The van der Waals surface area contributed by atoms with Crippen LogP contribution in [0.25, 0.3) is 10.9 Å². The minimum absolute atomic E-state index is 0.368. The van der Waals surface area contributed by atoms with Gasteiger partial charge in [-0.15, -0.1) is 0 Å². The van der Waals surface area contributed by atoms with Gasteiger partial charge in [-0.3, -0.25) is 9.59 Å². The van der Waals surface area contributed by atoms with Crippen LogP contribution in [0.3, 0.4) is 0 Å². The third kappa shape index (κ3) is 3.18. The number of carbonyl (C=O) groups is 2. The lowest BCUT2D eigenvalue weighted by molar-refractivity contribution is -0.117. The topological polar surface area (TPSA) is 71.2 Å². The van der Waals surface area contributed by atoms with E-state index in [2.05, 4.69) is 10.3 Å². The van der Waals surface area contributed by atoms with Gasteiger partial charge in [0.15, 0.2) is 0 Å². The number of aryl methyl sites for hydroxylation is 1. The Morgan fingerprint density at radius 3 is 2.89 bits per heavy atom. The van der Waals surface area contributed by atoms with Crippen LogP contribution in [0.1, 0.15) is 40.5 Å². The lowest BCUT2D eigenvalue weighted by atomic mass is 10.0. The van der Waals surface area contributed by atoms with Crippen LogP contribution in [0, 0.1) is 12.7 Å². The number of ketones is 1. The van der Waals surface area contributed by atoms with Gasteiger partial charge in [0, 0.05) is 22.2 Å². The second-order valence-corrected chi connectivity index (χ2v) is 6.70.